The maximum atomic E-state index is 12.4. The Labute approximate surface area is 193 Å². The fraction of sp³-hybridized carbons (Fsp3) is 0.760. The molecule has 32 heavy (non-hydrogen) atoms. The molecule has 0 aromatic heterocycles. The molecular formula is C25H40N2O4S. The van der Waals surface area contributed by atoms with Crippen LogP contribution in [0.2, 0.25) is 0 Å². The van der Waals surface area contributed by atoms with Gasteiger partial charge in [0.15, 0.2) is 0 Å². The lowest BCUT2D eigenvalue weighted by Crippen LogP contribution is -2.56. The van der Waals surface area contributed by atoms with Crippen molar-refractivity contribution in [2.75, 3.05) is 19.8 Å². The molecule has 1 aromatic rings. The van der Waals surface area contributed by atoms with E-state index in [1.165, 1.54) is 16.7 Å². The van der Waals surface area contributed by atoms with Gasteiger partial charge in [-0.2, -0.15) is 0 Å². The van der Waals surface area contributed by atoms with Crippen LogP contribution in [0.15, 0.2) is 12.1 Å². The molecule has 2 saturated carbocycles. The van der Waals surface area contributed by atoms with Crippen molar-refractivity contribution < 1.29 is 17.9 Å². The lowest BCUT2D eigenvalue weighted by Gasteiger charge is -2.35. The molecule has 4 rings (SSSR count). The fourth-order valence-electron chi connectivity index (χ4n) is 5.31. The number of nitrogens with one attached hydrogen (secondary N) is 2. The minimum absolute atomic E-state index is 0.0542. The zero-order valence-corrected chi connectivity index (χ0v) is 20.7. The van der Waals surface area contributed by atoms with Crippen LogP contribution < -0.4 is 14.8 Å². The van der Waals surface area contributed by atoms with Crippen molar-refractivity contribution in [1.29, 1.82) is 0 Å². The molecule has 3 fully saturated rings. The van der Waals surface area contributed by atoms with Gasteiger partial charge < -0.3 is 14.8 Å². The summed E-state index contributed by atoms with van der Waals surface area (Å²) in [7, 11) is -3.17. The highest BCUT2D eigenvalue weighted by molar-refractivity contribution is 7.90. The van der Waals surface area contributed by atoms with Crippen LogP contribution in [-0.4, -0.2) is 51.6 Å². The van der Waals surface area contributed by atoms with Gasteiger partial charge in [0.05, 0.1) is 24.6 Å². The molecule has 0 amide bonds. The molecule has 0 spiro atoms. The average Bonchev–Trinajstić information content (AvgIpc) is 3.63. The average molecular weight is 465 g/mol. The van der Waals surface area contributed by atoms with Gasteiger partial charge in [-0.3, -0.25) is 0 Å². The molecule has 1 aromatic carbocycles. The zero-order valence-electron chi connectivity index (χ0n) is 19.9. The Morgan fingerprint density at radius 1 is 1.06 bits per heavy atom. The molecular weight excluding hydrogens is 424 g/mol. The molecule has 180 valence electrons. The monoisotopic (exact) mass is 464 g/mol. The number of sulfonamides is 1. The summed E-state index contributed by atoms with van der Waals surface area (Å²) in [6.45, 7) is 8.62. The smallest absolute Gasteiger partial charge is 0.214 e. The summed E-state index contributed by atoms with van der Waals surface area (Å²) >= 11 is 0. The van der Waals surface area contributed by atoms with Gasteiger partial charge in [0, 0.05) is 17.6 Å². The molecule has 2 atom stereocenters. The number of hydrogen-bond donors (Lipinski definition) is 2. The van der Waals surface area contributed by atoms with Crippen molar-refractivity contribution >= 4 is 10.0 Å². The molecule has 1 saturated heterocycles. The Hall–Kier alpha value is -1.15. The van der Waals surface area contributed by atoms with Gasteiger partial charge in [0.2, 0.25) is 10.0 Å². The third kappa shape index (κ3) is 5.66. The Bertz CT molecular complexity index is 876. The van der Waals surface area contributed by atoms with E-state index in [2.05, 4.69) is 36.0 Å². The maximum Gasteiger partial charge on any atom is 0.214 e. The Morgan fingerprint density at radius 3 is 2.50 bits per heavy atom. The summed E-state index contributed by atoms with van der Waals surface area (Å²) in [5.41, 5.74) is 4.07. The normalized spacial score (nSPS) is 29.1. The highest BCUT2D eigenvalue weighted by atomic mass is 32.2. The van der Waals surface area contributed by atoms with Gasteiger partial charge in [0.25, 0.3) is 0 Å². The summed E-state index contributed by atoms with van der Waals surface area (Å²) in [6.07, 6.45) is 8.00. The van der Waals surface area contributed by atoms with Gasteiger partial charge in [-0.25, -0.2) is 13.1 Å². The van der Waals surface area contributed by atoms with Crippen molar-refractivity contribution in [3.05, 3.63) is 28.8 Å². The van der Waals surface area contributed by atoms with E-state index in [4.69, 9.17) is 9.47 Å². The van der Waals surface area contributed by atoms with Crippen molar-refractivity contribution in [3.8, 4) is 5.75 Å². The van der Waals surface area contributed by atoms with Crippen molar-refractivity contribution in [3.63, 3.8) is 0 Å². The van der Waals surface area contributed by atoms with Crippen LogP contribution in [0.3, 0.4) is 0 Å². The fourth-order valence-corrected chi connectivity index (χ4v) is 6.97. The standard InChI is InChI=1S/C25H40N2O4S/c1-4-30-24-14-7-17(2)18(3)25(24)19-8-10-20(11-9-19)31-16-23-22(6-5-15-26-23)27-32(28,29)21-12-13-21/h7,14,19-23,26-27H,4-6,8-13,15-16H2,1-3H3/t19?,20?,22-,23-/m0/s1. The summed E-state index contributed by atoms with van der Waals surface area (Å²) in [6, 6.07) is 4.28. The third-order valence-corrected chi connectivity index (χ3v) is 9.48. The molecule has 6 nitrogen and oxygen atoms in total. The van der Waals surface area contributed by atoms with Crippen LogP contribution in [0, 0.1) is 13.8 Å². The lowest BCUT2D eigenvalue weighted by atomic mass is 9.80. The van der Waals surface area contributed by atoms with Crippen LogP contribution in [0.4, 0.5) is 0 Å². The highest BCUT2D eigenvalue weighted by Crippen LogP contribution is 2.41. The van der Waals surface area contributed by atoms with Crippen LogP contribution in [0.1, 0.15) is 80.9 Å². The largest absolute Gasteiger partial charge is 0.494 e. The number of rotatable bonds is 9. The predicted octanol–water partition coefficient (Wildman–Crippen LogP) is 3.95. The van der Waals surface area contributed by atoms with Gasteiger partial charge in [-0.1, -0.05) is 6.07 Å². The second-order valence-electron chi connectivity index (χ2n) is 9.83. The highest BCUT2D eigenvalue weighted by Gasteiger charge is 2.39. The van der Waals surface area contributed by atoms with E-state index in [0.717, 1.165) is 63.7 Å². The molecule has 2 N–H and O–H groups in total. The lowest BCUT2D eigenvalue weighted by molar-refractivity contribution is 0.00506. The number of piperidine rings is 1. The number of benzene rings is 1. The van der Waals surface area contributed by atoms with E-state index in [-0.39, 0.29) is 23.4 Å². The number of hydrogen-bond acceptors (Lipinski definition) is 5. The summed E-state index contributed by atoms with van der Waals surface area (Å²) < 4.78 is 40.1. The predicted molar refractivity (Wildman–Crippen MR) is 128 cm³/mol. The number of ether oxygens (including phenoxy) is 2. The molecule has 2 aliphatic carbocycles. The van der Waals surface area contributed by atoms with E-state index >= 15 is 0 Å². The van der Waals surface area contributed by atoms with Crippen molar-refractivity contribution in [2.45, 2.75) is 101 Å². The van der Waals surface area contributed by atoms with Gasteiger partial charge >= 0.3 is 0 Å². The SMILES string of the molecule is CCOc1ccc(C)c(C)c1C1CCC(OC[C@@H]2NCCC[C@@H]2NS(=O)(=O)C2CC2)CC1. The first-order valence-electron chi connectivity index (χ1n) is 12.5. The molecule has 7 heteroatoms. The first-order chi connectivity index (χ1) is 15.4. The summed E-state index contributed by atoms with van der Waals surface area (Å²) in [5, 5.41) is 3.32. The first kappa shape index (κ1) is 24.0. The maximum absolute atomic E-state index is 12.4. The Morgan fingerprint density at radius 2 is 1.81 bits per heavy atom. The minimum atomic E-state index is -3.17. The van der Waals surface area contributed by atoms with Crippen LogP contribution >= 0.6 is 0 Å². The van der Waals surface area contributed by atoms with E-state index < -0.39 is 10.0 Å². The van der Waals surface area contributed by atoms with Crippen molar-refractivity contribution in [2.24, 2.45) is 0 Å². The Kier molecular flexibility index (Phi) is 7.81. The minimum Gasteiger partial charge on any atom is -0.494 e. The third-order valence-electron chi connectivity index (χ3n) is 7.50. The molecule has 3 aliphatic rings. The van der Waals surface area contributed by atoms with Crippen molar-refractivity contribution in [1.82, 2.24) is 10.0 Å². The van der Waals surface area contributed by atoms with Gasteiger partial charge in [-0.15, -0.1) is 0 Å². The zero-order chi connectivity index (χ0) is 22.7. The van der Waals surface area contributed by atoms with E-state index in [1.54, 1.807) is 0 Å². The van der Waals surface area contributed by atoms with Crippen LogP contribution in [0.5, 0.6) is 5.75 Å². The van der Waals surface area contributed by atoms with Crippen LogP contribution in [0.25, 0.3) is 0 Å². The molecule has 0 bridgehead atoms. The van der Waals surface area contributed by atoms with Crippen LogP contribution in [-0.2, 0) is 14.8 Å². The number of aryl methyl sites for hydroxylation is 1. The summed E-state index contributed by atoms with van der Waals surface area (Å²) in [4.78, 5) is 0. The second kappa shape index (κ2) is 10.4. The van der Waals surface area contributed by atoms with Gasteiger partial charge in [0.1, 0.15) is 5.75 Å². The molecule has 1 aliphatic heterocycles. The molecule has 0 unspecified atom stereocenters. The Balaban J connectivity index is 1.31. The molecule has 1 heterocycles. The van der Waals surface area contributed by atoms with Gasteiger partial charge in [-0.05, 0) is 102 Å². The topological polar surface area (TPSA) is 76.7 Å². The summed E-state index contributed by atoms with van der Waals surface area (Å²) in [5.74, 6) is 1.55. The molecule has 0 radical (unpaired) electrons. The van der Waals surface area contributed by atoms with E-state index in [9.17, 15) is 8.42 Å². The first-order valence-corrected chi connectivity index (χ1v) is 14.0. The van der Waals surface area contributed by atoms with E-state index in [0.29, 0.717) is 19.1 Å². The van der Waals surface area contributed by atoms with E-state index in [1.807, 2.05) is 6.92 Å². The second-order valence-corrected chi connectivity index (χ2v) is 11.8. The quantitative estimate of drug-likeness (QED) is 0.579.